The summed E-state index contributed by atoms with van der Waals surface area (Å²) < 4.78 is 0. The van der Waals surface area contributed by atoms with Crippen molar-refractivity contribution in [3.05, 3.63) is 70.9 Å². The van der Waals surface area contributed by atoms with Gasteiger partial charge >= 0.3 is 0 Å². The van der Waals surface area contributed by atoms with Gasteiger partial charge in [0.2, 0.25) is 5.69 Å². The number of aromatic nitrogens is 3. The van der Waals surface area contributed by atoms with Gasteiger partial charge in [-0.25, -0.2) is 0 Å². The monoisotopic (exact) mass is 343 g/mol. The molecule has 0 bridgehead atoms. The summed E-state index contributed by atoms with van der Waals surface area (Å²) in [4.78, 5) is 3.77. The molecule has 1 atom stereocenters. The van der Waals surface area contributed by atoms with Crippen LogP contribution in [0.2, 0.25) is 0 Å². The molecule has 1 aliphatic rings. The molecule has 0 unspecified atom stereocenters. The first-order chi connectivity index (χ1) is 12.6. The summed E-state index contributed by atoms with van der Waals surface area (Å²) in [6.45, 7) is 5.86. The highest BCUT2D eigenvalue weighted by molar-refractivity contribution is 5.52. The molecule has 0 spiro atoms. The number of anilines is 1. The van der Waals surface area contributed by atoms with E-state index in [2.05, 4.69) is 65.3 Å². The first kappa shape index (κ1) is 16.3. The minimum Gasteiger partial charge on any atom is -0.352 e. The Bertz CT molecular complexity index is 948. The van der Waals surface area contributed by atoms with E-state index in [9.17, 15) is 5.26 Å². The Morgan fingerprint density at radius 3 is 2.46 bits per heavy atom. The molecular weight excluding hydrogens is 322 g/mol. The highest BCUT2D eigenvalue weighted by Crippen LogP contribution is 2.31. The van der Waals surface area contributed by atoms with Gasteiger partial charge < -0.3 is 4.90 Å². The predicted octanol–water partition coefficient (Wildman–Crippen LogP) is 3.75. The molecule has 2 aromatic carbocycles. The van der Waals surface area contributed by atoms with E-state index in [0.717, 1.165) is 36.3 Å². The number of hydrogen-bond acceptors (Lipinski definition) is 4. The Balaban J connectivity index is 1.63. The lowest BCUT2D eigenvalue weighted by Crippen LogP contribution is -2.20. The molecule has 2 heterocycles. The molecule has 1 saturated heterocycles. The largest absolute Gasteiger partial charge is 0.352 e. The summed E-state index contributed by atoms with van der Waals surface area (Å²) in [7, 11) is 0. The molecule has 0 saturated carbocycles. The maximum absolute atomic E-state index is 9.54. The minimum atomic E-state index is 0.387. The van der Waals surface area contributed by atoms with Crippen molar-refractivity contribution < 1.29 is 0 Å². The SMILES string of the molecule is Cc1cc(C)cc(-n2nc(C#N)c(N3CC[C@H](c4ccccc4)C3)n2)c1. The van der Waals surface area contributed by atoms with E-state index in [1.54, 1.807) is 4.80 Å². The van der Waals surface area contributed by atoms with Gasteiger partial charge in [-0.05, 0) is 49.1 Å². The van der Waals surface area contributed by atoms with Gasteiger partial charge in [0.15, 0.2) is 5.82 Å². The van der Waals surface area contributed by atoms with Crippen LogP contribution in [0.3, 0.4) is 0 Å². The average molecular weight is 343 g/mol. The third-order valence-electron chi connectivity index (χ3n) is 4.90. The normalized spacial score (nSPS) is 16.7. The average Bonchev–Trinajstić information content (AvgIpc) is 3.28. The lowest BCUT2D eigenvalue weighted by atomic mass is 9.99. The van der Waals surface area contributed by atoms with Crippen LogP contribution in [0.25, 0.3) is 5.69 Å². The first-order valence-electron chi connectivity index (χ1n) is 8.90. The molecule has 1 aromatic heterocycles. The van der Waals surface area contributed by atoms with Gasteiger partial charge in [0.25, 0.3) is 0 Å². The zero-order valence-corrected chi connectivity index (χ0v) is 15.1. The van der Waals surface area contributed by atoms with Crippen LogP contribution in [0.1, 0.15) is 34.7 Å². The van der Waals surface area contributed by atoms with Crippen molar-refractivity contribution in [2.75, 3.05) is 18.0 Å². The Kier molecular flexibility index (Phi) is 4.18. The first-order valence-corrected chi connectivity index (χ1v) is 8.90. The molecule has 0 amide bonds. The van der Waals surface area contributed by atoms with Crippen LogP contribution in [0.4, 0.5) is 5.82 Å². The fourth-order valence-corrected chi connectivity index (χ4v) is 3.72. The summed E-state index contributed by atoms with van der Waals surface area (Å²) >= 11 is 0. The van der Waals surface area contributed by atoms with E-state index in [1.165, 1.54) is 5.56 Å². The third-order valence-corrected chi connectivity index (χ3v) is 4.90. The smallest absolute Gasteiger partial charge is 0.207 e. The van der Waals surface area contributed by atoms with Crippen LogP contribution >= 0.6 is 0 Å². The zero-order valence-electron chi connectivity index (χ0n) is 15.1. The molecule has 1 fully saturated rings. The molecule has 26 heavy (non-hydrogen) atoms. The van der Waals surface area contributed by atoms with Crippen molar-refractivity contribution in [1.29, 1.82) is 5.26 Å². The van der Waals surface area contributed by atoms with E-state index >= 15 is 0 Å². The summed E-state index contributed by atoms with van der Waals surface area (Å²) in [6, 6.07) is 18.9. The van der Waals surface area contributed by atoms with E-state index in [1.807, 2.05) is 18.2 Å². The van der Waals surface area contributed by atoms with Gasteiger partial charge in [0.1, 0.15) is 6.07 Å². The van der Waals surface area contributed by atoms with Crippen molar-refractivity contribution in [2.45, 2.75) is 26.2 Å². The van der Waals surface area contributed by atoms with Gasteiger partial charge in [-0.3, -0.25) is 0 Å². The van der Waals surface area contributed by atoms with Crippen molar-refractivity contribution in [2.24, 2.45) is 0 Å². The summed E-state index contributed by atoms with van der Waals surface area (Å²) in [5, 5.41) is 18.6. The minimum absolute atomic E-state index is 0.387. The third kappa shape index (κ3) is 3.06. The quantitative estimate of drug-likeness (QED) is 0.727. The summed E-state index contributed by atoms with van der Waals surface area (Å²) in [5.74, 6) is 1.15. The molecule has 130 valence electrons. The van der Waals surface area contributed by atoms with Gasteiger partial charge in [-0.2, -0.15) is 5.26 Å². The molecule has 4 rings (SSSR count). The van der Waals surface area contributed by atoms with Gasteiger partial charge in [0.05, 0.1) is 5.69 Å². The Hall–Kier alpha value is -3.13. The second-order valence-corrected chi connectivity index (χ2v) is 6.96. The van der Waals surface area contributed by atoms with Crippen LogP contribution in [0.15, 0.2) is 48.5 Å². The summed E-state index contributed by atoms with van der Waals surface area (Å²) in [6.07, 6.45) is 1.06. The van der Waals surface area contributed by atoms with Gasteiger partial charge in [0, 0.05) is 19.0 Å². The van der Waals surface area contributed by atoms with E-state index < -0.39 is 0 Å². The van der Waals surface area contributed by atoms with Gasteiger partial charge in [-0.15, -0.1) is 15.0 Å². The lowest BCUT2D eigenvalue weighted by molar-refractivity contribution is 0.740. The number of nitrogens with zero attached hydrogens (tertiary/aromatic N) is 5. The van der Waals surface area contributed by atoms with Crippen molar-refractivity contribution in [1.82, 2.24) is 15.0 Å². The predicted molar refractivity (Wildman–Crippen MR) is 102 cm³/mol. The fraction of sp³-hybridized carbons (Fsp3) is 0.286. The highest BCUT2D eigenvalue weighted by Gasteiger charge is 2.28. The Morgan fingerprint density at radius 2 is 1.77 bits per heavy atom. The van der Waals surface area contributed by atoms with Gasteiger partial charge in [-0.1, -0.05) is 36.4 Å². The lowest BCUT2D eigenvalue weighted by Gasteiger charge is -2.15. The van der Waals surface area contributed by atoms with Crippen LogP contribution in [-0.2, 0) is 0 Å². The second-order valence-electron chi connectivity index (χ2n) is 6.96. The molecular formula is C21H21N5. The van der Waals surface area contributed by atoms with Crippen molar-refractivity contribution in [3.8, 4) is 11.8 Å². The van der Waals surface area contributed by atoms with Crippen molar-refractivity contribution >= 4 is 5.82 Å². The topological polar surface area (TPSA) is 57.7 Å². The Morgan fingerprint density at radius 1 is 1.04 bits per heavy atom. The summed E-state index contributed by atoms with van der Waals surface area (Å²) in [5.41, 5.74) is 4.93. The Labute approximate surface area is 153 Å². The maximum atomic E-state index is 9.54. The number of benzene rings is 2. The standard InChI is InChI=1S/C21H21N5/c1-15-10-16(2)12-19(11-15)26-23-20(13-22)21(24-26)25-9-8-18(14-25)17-6-4-3-5-7-17/h3-7,10-12,18H,8-9,14H2,1-2H3/t18-/m0/s1. The number of aryl methyl sites for hydroxylation is 2. The van der Waals surface area contributed by atoms with Crippen LogP contribution in [-0.4, -0.2) is 28.1 Å². The molecule has 0 radical (unpaired) electrons. The van der Waals surface area contributed by atoms with Crippen LogP contribution in [0.5, 0.6) is 0 Å². The number of nitriles is 1. The molecule has 0 aliphatic carbocycles. The second kappa shape index (κ2) is 6.64. The van der Waals surface area contributed by atoms with Crippen LogP contribution in [0, 0.1) is 25.2 Å². The molecule has 5 heteroatoms. The van der Waals surface area contributed by atoms with Crippen LogP contribution < -0.4 is 4.90 Å². The van der Waals surface area contributed by atoms with E-state index in [-0.39, 0.29) is 0 Å². The zero-order chi connectivity index (χ0) is 18.1. The highest BCUT2D eigenvalue weighted by atomic mass is 15.5. The maximum Gasteiger partial charge on any atom is 0.207 e. The fourth-order valence-electron chi connectivity index (χ4n) is 3.72. The number of hydrogen-bond donors (Lipinski definition) is 0. The van der Waals surface area contributed by atoms with Crippen molar-refractivity contribution in [3.63, 3.8) is 0 Å². The molecule has 1 aliphatic heterocycles. The van der Waals surface area contributed by atoms with E-state index in [0.29, 0.717) is 17.4 Å². The molecule has 3 aromatic rings. The number of rotatable bonds is 3. The molecule has 0 N–H and O–H groups in total. The molecule has 5 nitrogen and oxygen atoms in total. The van der Waals surface area contributed by atoms with E-state index in [4.69, 9.17) is 0 Å².